The topological polar surface area (TPSA) is 20.3 Å². The number of Topliss-reactive ketones (excluding diaryl/α,β-unsaturated/α-hetero) is 1. The fraction of sp³-hybridized carbons (Fsp3) is 0.421. The molecule has 1 aliphatic carbocycles. The molecule has 1 unspecified atom stereocenters. The standard InChI is InChI=1S/C19H20FNOS/c20-16-4-2-1-3-14(16)11-17(19(22)13-5-6-13)21-9-7-18-15(12-21)8-10-23-18/h1-4,8,10,13,17H,5-7,9,11-12H2. The van der Waals surface area contributed by atoms with E-state index >= 15 is 0 Å². The van der Waals surface area contributed by atoms with Crippen LogP contribution in [-0.2, 0) is 24.2 Å². The lowest BCUT2D eigenvalue weighted by atomic mass is 9.95. The third kappa shape index (κ3) is 3.10. The monoisotopic (exact) mass is 329 g/mol. The van der Waals surface area contributed by atoms with Crippen molar-refractivity contribution in [2.45, 2.75) is 38.3 Å². The summed E-state index contributed by atoms with van der Waals surface area (Å²) < 4.78 is 14.1. The van der Waals surface area contributed by atoms with Crippen LogP contribution in [0.15, 0.2) is 35.7 Å². The smallest absolute Gasteiger partial charge is 0.153 e. The Morgan fingerprint density at radius 1 is 1.30 bits per heavy atom. The van der Waals surface area contributed by atoms with Gasteiger partial charge >= 0.3 is 0 Å². The van der Waals surface area contributed by atoms with Gasteiger partial charge in [0.15, 0.2) is 5.78 Å². The third-order valence-corrected chi connectivity index (χ3v) is 5.98. The molecule has 120 valence electrons. The van der Waals surface area contributed by atoms with Gasteiger partial charge < -0.3 is 0 Å². The fourth-order valence-electron chi connectivity index (χ4n) is 3.46. The van der Waals surface area contributed by atoms with Crippen LogP contribution in [0.3, 0.4) is 0 Å². The minimum atomic E-state index is -0.200. The molecule has 2 aliphatic rings. The van der Waals surface area contributed by atoms with Crippen molar-refractivity contribution < 1.29 is 9.18 Å². The van der Waals surface area contributed by atoms with E-state index in [9.17, 15) is 9.18 Å². The van der Waals surface area contributed by atoms with Crippen LogP contribution in [0.1, 0.15) is 28.8 Å². The number of thiophene rings is 1. The van der Waals surface area contributed by atoms with Crippen LogP contribution < -0.4 is 0 Å². The van der Waals surface area contributed by atoms with Crippen molar-refractivity contribution in [2.75, 3.05) is 6.54 Å². The number of hydrogen-bond donors (Lipinski definition) is 0. The van der Waals surface area contributed by atoms with Crippen molar-refractivity contribution in [3.8, 4) is 0 Å². The first-order valence-corrected chi connectivity index (χ1v) is 9.17. The van der Waals surface area contributed by atoms with Crippen molar-refractivity contribution in [1.29, 1.82) is 0 Å². The predicted octanol–water partition coefficient (Wildman–Crippen LogP) is 3.84. The van der Waals surface area contributed by atoms with Gasteiger partial charge in [-0.2, -0.15) is 0 Å². The largest absolute Gasteiger partial charge is 0.298 e. The van der Waals surface area contributed by atoms with E-state index < -0.39 is 0 Å². The Hall–Kier alpha value is -1.52. The Morgan fingerprint density at radius 2 is 2.13 bits per heavy atom. The molecule has 0 amide bonds. The van der Waals surface area contributed by atoms with Gasteiger partial charge in [0.2, 0.25) is 0 Å². The second kappa shape index (κ2) is 6.17. The highest BCUT2D eigenvalue weighted by molar-refractivity contribution is 7.10. The average molecular weight is 329 g/mol. The second-order valence-electron chi connectivity index (χ2n) is 6.58. The lowest BCUT2D eigenvalue weighted by Gasteiger charge is -2.34. The SMILES string of the molecule is O=C(C1CC1)C(Cc1ccccc1F)N1CCc2sccc2C1. The van der Waals surface area contributed by atoms with Gasteiger partial charge in [0.1, 0.15) is 5.82 Å². The van der Waals surface area contributed by atoms with Gasteiger partial charge in [0.05, 0.1) is 6.04 Å². The fourth-order valence-corrected chi connectivity index (χ4v) is 4.35. The second-order valence-corrected chi connectivity index (χ2v) is 7.58. The number of ketones is 1. The summed E-state index contributed by atoms with van der Waals surface area (Å²) in [6, 6.07) is 8.82. The number of carbonyl (C=O) groups excluding carboxylic acids is 1. The molecule has 0 spiro atoms. The minimum absolute atomic E-state index is 0.188. The highest BCUT2D eigenvalue weighted by Crippen LogP contribution is 2.34. The van der Waals surface area contributed by atoms with Gasteiger partial charge in [-0.3, -0.25) is 9.69 Å². The van der Waals surface area contributed by atoms with Crippen LogP contribution in [0.25, 0.3) is 0 Å². The summed E-state index contributed by atoms with van der Waals surface area (Å²) in [6.07, 6.45) is 3.49. The van der Waals surface area contributed by atoms with E-state index in [4.69, 9.17) is 0 Å². The Balaban J connectivity index is 1.58. The summed E-state index contributed by atoms with van der Waals surface area (Å²) in [5.41, 5.74) is 1.99. The lowest BCUT2D eigenvalue weighted by molar-refractivity contribution is -0.126. The molecular weight excluding hydrogens is 309 g/mol. The zero-order valence-electron chi connectivity index (χ0n) is 13.0. The lowest BCUT2D eigenvalue weighted by Crippen LogP contribution is -2.45. The first-order valence-electron chi connectivity index (χ1n) is 8.29. The molecule has 0 saturated heterocycles. The van der Waals surface area contributed by atoms with E-state index in [0.29, 0.717) is 17.8 Å². The van der Waals surface area contributed by atoms with Crippen LogP contribution in [0.2, 0.25) is 0 Å². The molecule has 0 N–H and O–H groups in total. The van der Waals surface area contributed by atoms with Gasteiger partial charge in [-0.1, -0.05) is 18.2 Å². The summed E-state index contributed by atoms with van der Waals surface area (Å²) in [5, 5.41) is 2.13. The zero-order valence-corrected chi connectivity index (χ0v) is 13.8. The third-order valence-electron chi connectivity index (χ3n) is 4.96. The molecule has 23 heavy (non-hydrogen) atoms. The van der Waals surface area contributed by atoms with Crippen LogP contribution in [0.5, 0.6) is 0 Å². The molecule has 1 fully saturated rings. The van der Waals surface area contributed by atoms with Gasteiger partial charge in [-0.25, -0.2) is 4.39 Å². The molecule has 2 aromatic rings. The Labute approximate surface area is 139 Å². The molecule has 2 heterocycles. The van der Waals surface area contributed by atoms with Crippen LogP contribution in [0.4, 0.5) is 4.39 Å². The molecular formula is C19H20FNOS. The van der Waals surface area contributed by atoms with Gasteiger partial charge in [-0.15, -0.1) is 11.3 Å². The summed E-state index contributed by atoms with van der Waals surface area (Å²) in [6.45, 7) is 1.71. The summed E-state index contributed by atoms with van der Waals surface area (Å²) in [4.78, 5) is 16.5. The number of carbonyl (C=O) groups is 1. The number of nitrogens with zero attached hydrogens (tertiary/aromatic N) is 1. The number of benzene rings is 1. The molecule has 1 atom stereocenters. The van der Waals surface area contributed by atoms with Crippen molar-refractivity contribution in [2.24, 2.45) is 5.92 Å². The van der Waals surface area contributed by atoms with Crippen LogP contribution in [-0.4, -0.2) is 23.3 Å². The Morgan fingerprint density at radius 3 is 2.91 bits per heavy atom. The molecule has 0 radical (unpaired) electrons. The first kappa shape index (κ1) is 15.0. The Bertz CT molecular complexity index is 722. The number of rotatable bonds is 5. The van der Waals surface area contributed by atoms with E-state index in [1.165, 1.54) is 16.5 Å². The molecule has 0 bridgehead atoms. The number of fused-ring (bicyclic) bond motifs is 1. The van der Waals surface area contributed by atoms with Crippen molar-refractivity contribution >= 4 is 17.1 Å². The molecule has 1 aromatic heterocycles. The summed E-state index contributed by atoms with van der Waals surface area (Å²) in [5.74, 6) is 0.317. The number of halogens is 1. The maximum absolute atomic E-state index is 14.1. The van der Waals surface area contributed by atoms with Crippen LogP contribution in [0, 0.1) is 11.7 Å². The van der Waals surface area contributed by atoms with E-state index in [0.717, 1.165) is 32.4 Å². The average Bonchev–Trinajstić information content (AvgIpc) is 3.31. The predicted molar refractivity (Wildman–Crippen MR) is 90.1 cm³/mol. The minimum Gasteiger partial charge on any atom is -0.298 e. The normalized spacial score (nSPS) is 19.3. The summed E-state index contributed by atoms with van der Waals surface area (Å²) in [7, 11) is 0. The van der Waals surface area contributed by atoms with E-state index in [-0.39, 0.29) is 17.8 Å². The zero-order chi connectivity index (χ0) is 15.8. The molecule has 1 saturated carbocycles. The molecule has 4 heteroatoms. The van der Waals surface area contributed by atoms with Crippen LogP contribution >= 0.6 is 11.3 Å². The van der Waals surface area contributed by atoms with Gasteiger partial charge in [0.25, 0.3) is 0 Å². The quantitative estimate of drug-likeness (QED) is 0.831. The molecule has 1 aromatic carbocycles. The molecule has 1 aliphatic heterocycles. The van der Waals surface area contributed by atoms with E-state index in [2.05, 4.69) is 16.3 Å². The highest BCUT2D eigenvalue weighted by Gasteiger charge is 2.38. The first-order chi connectivity index (χ1) is 11.2. The summed E-state index contributed by atoms with van der Waals surface area (Å²) >= 11 is 1.80. The maximum atomic E-state index is 14.1. The van der Waals surface area contributed by atoms with Gasteiger partial charge in [0, 0.05) is 23.9 Å². The van der Waals surface area contributed by atoms with Crippen molar-refractivity contribution in [3.05, 3.63) is 57.5 Å². The Kier molecular flexibility index (Phi) is 4.04. The molecule has 2 nitrogen and oxygen atoms in total. The highest BCUT2D eigenvalue weighted by atomic mass is 32.1. The van der Waals surface area contributed by atoms with Gasteiger partial charge in [-0.05, 0) is 54.3 Å². The van der Waals surface area contributed by atoms with Crippen molar-refractivity contribution in [3.63, 3.8) is 0 Å². The van der Waals surface area contributed by atoms with E-state index in [1.807, 2.05) is 12.1 Å². The van der Waals surface area contributed by atoms with E-state index in [1.54, 1.807) is 17.4 Å². The number of hydrogen-bond acceptors (Lipinski definition) is 3. The van der Waals surface area contributed by atoms with Crippen molar-refractivity contribution in [1.82, 2.24) is 4.90 Å². The molecule has 4 rings (SSSR count). The maximum Gasteiger partial charge on any atom is 0.153 e.